The predicted octanol–water partition coefficient (Wildman–Crippen LogP) is 4.41. The van der Waals surface area contributed by atoms with Crippen LogP contribution in [0.25, 0.3) is 0 Å². The minimum Gasteiger partial charge on any atom is -0.378 e. The fraction of sp³-hybridized carbons (Fsp3) is 0.231. The average molecular weight is 445 g/mol. The van der Waals surface area contributed by atoms with Crippen LogP contribution in [-0.2, 0) is 11.3 Å². The number of amides is 3. The third kappa shape index (κ3) is 6.11. The van der Waals surface area contributed by atoms with E-state index in [9.17, 15) is 9.59 Å². The maximum absolute atomic E-state index is 12.7. The summed E-state index contributed by atoms with van der Waals surface area (Å²) in [5.41, 5.74) is 4.74. The molecule has 0 unspecified atom stereocenters. The van der Waals surface area contributed by atoms with Crippen molar-refractivity contribution in [1.29, 1.82) is 0 Å². The van der Waals surface area contributed by atoms with Crippen LogP contribution in [0.3, 0.4) is 0 Å². The normalized spacial score (nSPS) is 13.3. The number of rotatable bonds is 6. The lowest BCUT2D eigenvalue weighted by Gasteiger charge is -2.30. The Labute approximate surface area is 193 Å². The first kappa shape index (κ1) is 22.4. The van der Waals surface area contributed by atoms with E-state index in [2.05, 4.69) is 20.9 Å². The summed E-state index contributed by atoms with van der Waals surface area (Å²) in [6.45, 7) is 5.09. The molecule has 0 aliphatic carbocycles. The van der Waals surface area contributed by atoms with E-state index in [1.165, 1.54) is 0 Å². The SMILES string of the molecule is Cc1cccc(C(=O)Nc2ccc(N3CCOCC3)c(NC(=O)NCc3ccccc3)c2)c1. The topological polar surface area (TPSA) is 82.7 Å². The zero-order valence-corrected chi connectivity index (χ0v) is 18.6. The second kappa shape index (κ2) is 10.7. The number of morpholine rings is 1. The van der Waals surface area contributed by atoms with E-state index in [1.54, 1.807) is 12.1 Å². The van der Waals surface area contributed by atoms with Crippen LogP contribution < -0.4 is 20.9 Å². The molecule has 0 atom stereocenters. The Kier molecular flexibility index (Phi) is 7.22. The summed E-state index contributed by atoms with van der Waals surface area (Å²) in [6.07, 6.45) is 0. The van der Waals surface area contributed by atoms with Crippen LogP contribution in [0, 0.1) is 6.92 Å². The molecule has 3 aromatic rings. The van der Waals surface area contributed by atoms with Crippen molar-refractivity contribution in [3.63, 3.8) is 0 Å². The molecule has 3 aromatic carbocycles. The maximum atomic E-state index is 12.7. The lowest BCUT2D eigenvalue weighted by molar-refractivity contribution is 0.102. The van der Waals surface area contributed by atoms with Gasteiger partial charge in [0, 0.05) is 30.9 Å². The monoisotopic (exact) mass is 444 g/mol. The molecule has 7 nitrogen and oxygen atoms in total. The van der Waals surface area contributed by atoms with Gasteiger partial charge in [-0.3, -0.25) is 4.79 Å². The van der Waals surface area contributed by atoms with Crippen LogP contribution in [0.15, 0.2) is 72.8 Å². The van der Waals surface area contributed by atoms with Gasteiger partial charge >= 0.3 is 6.03 Å². The van der Waals surface area contributed by atoms with E-state index >= 15 is 0 Å². The van der Waals surface area contributed by atoms with Gasteiger partial charge in [-0.25, -0.2) is 4.79 Å². The molecule has 0 spiro atoms. The number of benzene rings is 3. The third-order valence-corrected chi connectivity index (χ3v) is 5.43. The second-order valence-electron chi connectivity index (χ2n) is 7.95. The Morgan fingerprint density at radius 1 is 0.909 bits per heavy atom. The van der Waals surface area contributed by atoms with Crippen LogP contribution in [0.2, 0.25) is 0 Å². The molecule has 1 aliphatic heterocycles. The zero-order chi connectivity index (χ0) is 23.0. The Hall–Kier alpha value is -3.84. The van der Waals surface area contributed by atoms with Crippen molar-refractivity contribution in [2.75, 3.05) is 41.8 Å². The van der Waals surface area contributed by atoms with Crippen molar-refractivity contribution in [3.05, 3.63) is 89.5 Å². The second-order valence-corrected chi connectivity index (χ2v) is 7.95. The number of carbonyl (C=O) groups is 2. The van der Waals surface area contributed by atoms with E-state index in [1.807, 2.05) is 67.6 Å². The first-order valence-electron chi connectivity index (χ1n) is 11.0. The standard InChI is InChI=1S/C26H28N4O3/c1-19-6-5-9-21(16-19)25(31)28-22-10-11-24(30-12-14-33-15-13-30)23(17-22)29-26(32)27-18-20-7-3-2-4-8-20/h2-11,16-17H,12-15,18H2,1H3,(H,28,31)(H2,27,29,32). The van der Waals surface area contributed by atoms with Crippen LogP contribution in [-0.4, -0.2) is 38.2 Å². The molecule has 0 saturated carbocycles. The van der Waals surface area contributed by atoms with Crippen molar-refractivity contribution in [2.45, 2.75) is 13.5 Å². The van der Waals surface area contributed by atoms with E-state index in [0.29, 0.717) is 36.7 Å². The molecule has 33 heavy (non-hydrogen) atoms. The fourth-order valence-corrected chi connectivity index (χ4v) is 3.73. The zero-order valence-electron chi connectivity index (χ0n) is 18.6. The smallest absolute Gasteiger partial charge is 0.319 e. The molecule has 7 heteroatoms. The Bertz CT molecular complexity index is 1110. The highest BCUT2D eigenvalue weighted by molar-refractivity contribution is 6.05. The molecule has 0 radical (unpaired) electrons. The van der Waals surface area contributed by atoms with Gasteiger partial charge in [-0.05, 0) is 42.8 Å². The van der Waals surface area contributed by atoms with Gasteiger partial charge in [0.2, 0.25) is 0 Å². The van der Waals surface area contributed by atoms with Crippen LogP contribution >= 0.6 is 0 Å². The van der Waals surface area contributed by atoms with Crippen LogP contribution in [0.1, 0.15) is 21.5 Å². The number of carbonyl (C=O) groups excluding carboxylic acids is 2. The molecule has 1 fully saturated rings. The highest BCUT2D eigenvalue weighted by Gasteiger charge is 2.17. The van der Waals surface area contributed by atoms with Gasteiger partial charge in [-0.1, -0.05) is 48.0 Å². The molecule has 170 valence electrons. The molecule has 1 saturated heterocycles. The number of ether oxygens (including phenoxy) is 1. The van der Waals surface area contributed by atoms with Gasteiger partial charge in [0.05, 0.1) is 24.6 Å². The van der Waals surface area contributed by atoms with Gasteiger partial charge in [-0.15, -0.1) is 0 Å². The summed E-state index contributed by atoms with van der Waals surface area (Å²) < 4.78 is 5.47. The number of nitrogens with one attached hydrogen (secondary N) is 3. The largest absolute Gasteiger partial charge is 0.378 e. The molecular weight excluding hydrogens is 416 g/mol. The van der Waals surface area contributed by atoms with E-state index in [4.69, 9.17) is 4.74 Å². The van der Waals surface area contributed by atoms with Crippen molar-refractivity contribution in [3.8, 4) is 0 Å². The lowest BCUT2D eigenvalue weighted by Crippen LogP contribution is -2.37. The molecule has 1 heterocycles. The predicted molar refractivity (Wildman–Crippen MR) is 131 cm³/mol. The number of nitrogens with zero attached hydrogens (tertiary/aromatic N) is 1. The molecule has 0 bridgehead atoms. The summed E-state index contributed by atoms with van der Waals surface area (Å²) >= 11 is 0. The Morgan fingerprint density at radius 2 is 1.70 bits per heavy atom. The highest BCUT2D eigenvalue weighted by atomic mass is 16.5. The summed E-state index contributed by atoms with van der Waals surface area (Å²) in [5.74, 6) is -0.197. The van der Waals surface area contributed by atoms with Gasteiger partial charge in [0.25, 0.3) is 5.91 Å². The lowest BCUT2D eigenvalue weighted by atomic mass is 10.1. The van der Waals surface area contributed by atoms with Crippen molar-refractivity contribution < 1.29 is 14.3 Å². The molecular formula is C26H28N4O3. The van der Waals surface area contributed by atoms with E-state index < -0.39 is 0 Å². The van der Waals surface area contributed by atoms with Crippen molar-refractivity contribution in [1.82, 2.24) is 5.32 Å². The van der Waals surface area contributed by atoms with Gasteiger partial charge in [-0.2, -0.15) is 0 Å². The number of hydrogen-bond acceptors (Lipinski definition) is 4. The van der Waals surface area contributed by atoms with Crippen LogP contribution in [0.4, 0.5) is 21.9 Å². The molecule has 0 aromatic heterocycles. The minimum atomic E-state index is -0.310. The number of aryl methyl sites for hydroxylation is 1. The van der Waals surface area contributed by atoms with E-state index in [0.717, 1.165) is 29.9 Å². The summed E-state index contributed by atoms with van der Waals surface area (Å²) in [4.78, 5) is 27.5. The maximum Gasteiger partial charge on any atom is 0.319 e. The van der Waals surface area contributed by atoms with Gasteiger partial charge in [0.15, 0.2) is 0 Å². The first-order valence-corrected chi connectivity index (χ1v) is 11.0. The summed E-state index contributed by atoms with van der Waals surface area (Å²) in [7, 11) is 0. The molecule has 4 rings (SSSR count). The number of urea groups is 1. The Morgan fingerprint density at radius 3 is 2.45 bits per heavy atom. The summed E-state index contributed by atoms with van der Waals surface area (Å²) in [5, 5.41) is 8.78. The van der Waals surface area contributed by atoms with E-state index in [-0.39, 0.29) is 11.9 Å². The van der Waals surface area contributed by atoms with Crippen molar-refractivity contribution in [2.24, 2.45) is 0 Å². The summed E-state index contributed by atoms with van der Waals surface area (Å²) in [6, 6.07) is 22.4. The molecule has 3 amide bonds. The molecule has 3 N–H and O–H groups in total. The first-order chi connectivity index (χ1) is 16.1. The Balaban J connectivity index is 1.51. The van der Waals surface area contributed by atoms with Gasteiger partial charge < -0.3 is 25.6 Å². The fourth-order valence-electron chi connectivity index (χ4n) is 3.73. The minimum absolute atomic E-state index is 0.197. The van der Waals surface area contributed by atoms with Crippen LogP contribution in [0.5, 0.6) is 0 Å². The third-order valence-electron chi connectivity index (χ3n) is 5.43. The number of hydrogen-bond donors (Lipinski definition) is 3. The average Bonchev–Trinajstić information content (AvgIpc) is 2.84. The number of anilines is 3. The molecule has 1 aliphatic rings. The van der Waals surface area contributed by atoms with Gasteiger partial charge in [0.1, 0.15) is 0 Å². The quantitative estimate of drug-likeness (QED) is 0.526. The highest BCUT2D eigenvalue weighted by Crippen LogP contribution is 2.30. The van der Waals surface area contributed by atoms with Crippen molar-refractivity contribution >= 4 is 29.0 Å².